The van der Waals surface area contributed by atoms with Crippen molar-refractivity contribution in [2.45, 2.75) is 37.9 Å². The van der Waals surface area contributed by atoms with Gasteiger partial charge in [0.05, 0.1) is 16.3 Å². The summed E-state index contributed by atoms with van der Waals surface area (Å²) in [5.74, 6) is -0.356. The lowest BCUT2D eigenvalue weighted by atomic mass is 10.2. The van der Waals surface area contributed by atoms with Crippen molar-refractivity contribution in [3.05, 3.63) is 57.0 Å². The maximum atomic E-state index is 12.9. The first-order chi connectivity index (χ1) is 12.2. The summed E-state index contributed by atoms with van der Waals surface area (Å²) in [4.78, 5) is 24.4. The molecule has 1 N–H and O–H groups in total. The van der Waals surface area contributed by atoms with Crippen molar-refractivity contribution < 1.29 is 18.0 Å². The van der Waals surface area contributed by atoms with Crippen LogP contribution >= 0.6 is 11.6 Å². The molecule has 1 aliphatic carbocycles. The Kier molecular flexibility index (Phi) is 4.79. The van der Waals surface area contributed by atoms with E-state index >= 15 is 0 Å². The highest BCUT2D eigenvalue weighted by molar-refractivity contribution is 6.31. The van der Waals surface area contributed by atoms with Crippen molar-refractivity contribution in [2.24, 2.45) is 0 Å². The van der Waals surface area contributed by atoms with E-state index in [4.69, 9.17) is 11.6 Å². The molecule has 1 atom stereocenters. The lowest BCUT2D eigenvalue weighted by Gasteiger charge is -2.16. The molecule has 1 saturated carbocycles. The average Bonchev–Trinajstić information content (AvgIpc) is 3.40. The Morgan fingerprint density at radius 3 is 2.62 bits per heavy atom. The minimum absolute atomic E-state index is 0.0648. The number of hydrogen-bond acceptors (Lipinski definition) is 3. The van der Waals surface area contributed by atoms with Crippen molar-refractivity contribution in [1.29, 1.82) is 0 Å². The number of anilines is 1. The molecule has 0 bridgehead atoms. The molecule has 1 aromatic carbocycles. The lowest BCUT2D eigenvalue weighted by molar-refractivity contribution is -0.137. The van der Waals surface area contributed by atoms with E-state index in [0.717, 1.165) is 35.4 Å². The van der Waals surface area contributed by atoms with Crippen molar-refractivity contribution in [3.63, 3.8) is 0 Å². The maximum absolute atomic E-state index is 12.9. The predicted octanol–water partition coefficient (Wildman–Crippen LogP) is 3.99. The number of hydrogen-bond donors (Lipinski definition) is 1. The van der Waals surface area contributed by atoms with Crippen LogP contribution in [-0.2, 0) is 11.0 Å². The zero-order chi connectivity index (χ0) is 19.1. The SMILES string of the molecule is C[C@@H](C(=O)Nc1ccc(Cl)c(C(F)(F)F)c1)n1nc(C2CC2)ccc1=O. The third-order valence-corrected chi connectivity index (χ3v) is 4.46. The van der Waals surface area contributed by atoms with E-state index in [1.807, 2.05) is 0 Å². The lowest BCUT2D eigenvalue weighted by Crippen LogP contribution is -2.33. The molecule has 0 unspecified atom stereocenters. The first-order valence-corrected chi connectivity index (χ1v) is 8.32. The van der Waals surface area contributed by atoms with Crippen molar-refractivity contribution in [1.82, 2.24) is 9.78 Å². The van der Waals surface area contributed by atoms with Gasteiger partial charge >= 0.3 is 6.18 Å². The van der Waals surface area contributed by atoms with E-state index < -0.39 is 34.3 Å². The summed E-state index contributed by atoms with van der Waals surface area (Å²) in [5, 5.41) is 6.12. The van der Waals surface area contributed by atoms with Crippen LogP contribution in [-0.4, -0.2) is 15.7 Å². The summed E-state index contributed by atoms with van der Waals surface area (Å²) >= 11 is 5.56. The molecule has 5 nitrogen and oxygen atoms in total. The number of nitrogens with one attached hydrogen (secondary N) is 1. The van der Waals surface area contributed by atoms with Gasteiger partial charge in [-0.2, -0.15) is 18.3 Å². The molecule has 0 saturated heterocycles. The number of benzene rings is 1. The first kappa shape index (κ1) is 18.4. The molecule has 9 heteroatoms. The third-order valence-electron chi connectivity index (χ3n) is 4.13. The number of nitrogens with zero attached hydrogens (tertiary/aromatic N) is 2. The Balaban J connectivity index is 1.82. The van der Waals surface area contributed by atoms with Gasteiger partial charge in [0.1, 0.15) is 6.04 Å². The molecule has 2 aromatic rings. The molecule has 0 spiro atoms. The second-order valence-electron chi connectivity index (χ2n) is 6.17. The average molecular weight is 386 g/mol. The largest absolute Gasteiger partial charge is 0.417 e. The highest BCUT2D eigenvalue weighted by Crippen LogP contribution is 2.38. The van der Waals surface area contributed by atoms with Crippen LogP contribution in [0.3, 0.4) is 0 Å². The van der Waals surface area contributed by atoms with Crippen molar-refractivity contribution >= 4 is 23.2 Å². The van der Waals surface area contributed by atoms with Gasteiger partial charge in [0, 0.05) is 17.7 Å². The Morgan fingerprint density at radius 1 is 1.31 bits per heavy atom. The van der Waals surface area contributed by atoms with E-state index in [1.165, 1.54) is 19.1 Å². The molecule has 1 amide bonds. The van der Waals surface area contributed by atoms with E-state index in [0.29, 0.717) is 5.92 Å². The Bertz CT molecular complexity index is 907. The van der Waals surface area contributed by atoms with Gasteiger partial charge in [0.25, 0.3) is 5.56 Å². The fourth-order valence-corrected chi connectivity index (χ4v) is 2.72. The van der Waals surface area contributed by atoms with Gasteiger partial charge in [0.15, 0.2) is 0 Å². The minimum Gasteiger partial charge on any atom is -0.324 e. The van der Waals surface area contributed by atoms with E-state index in [2.05, 4.69) is 10.4 Å². The fourth-order valence-electron chi connectivity index (χ4n) is 2.49. The zero-order valence-corrected chi connectivity index (χ0v) is 14.4. The molecule has 0 aliphatic heterocycles. The number of alkyl halides is 3. The molecule has 1 aliphatic rings. The fraction of sp³-hybridized carbons (Fsp3) is 0.353. The molecule has 0 radical (unpaired) electrons. The van der Waals surface area contributed by atoms with Crippen LogP contribution in [0.4, 0.5) is 18.9 Å². The summed E-state index contributed by atoms with van der Waals surface area (Å²) in [5.41, 5.74) is -0.833. The van der Waals surface area contributed by atoms with Crippen LogP contribution in [0.15, 0.2) is 35.1 Å². The monoisotopic (exact) mass is 385 g/mol. The smallest absolute Gasteiger partial charge is 0.324 e. The number of carbonyl (C=O) groups excluding carboxylic acids is 1. The highest BCUT2D eigenvalue weighted by atomic mass is 35.5. The second kappa shape index (κ2) is 6.75. The number of halogens is 4. The quantitative estimate of drug-likeness (QED) is 0.865. The molecule has 1 aromatic heterocycles. The first-order valence-electron chi connectivity index (χ1n) is 7.94. The van der Waals surface area contributed by atoms with E-state index in [9.17, 15) is 22.8 Å². The van der Waals surface area contributed by atoms with Crippen molar-refractivity contribution in [3.8, 4) is 0 Å². The Morgan fingerprint density at radius 2 is 2.00 bits per heavy atom. The second-order valence-corrected chi connectivity index (χ2v) is 6.58. The Hall–Kier alpha value is -2.35. The third kappa shape index (κ3) is 3.90. The number of amides is 1. The van der Waals surface area contributed by atoms with Gasteiger partial charge in [-0.05, 0) is 44.0 Å². The molecule has 138 valence electrons. The van der Waals surface area contributed by atoms with Crippen LogP contribution in [0.5, 0.6) is 0 Å². The summed E-state index contributed by atoms with van der Waals surface area (Å²) < 4.78 is 39.8. The molecule has 3 rings (SSSR count). The summed E-state index contributed by atoms with van der Waals surface area (Å²) in [7, 11) is 0. The molecule has 1 heterocycles. The van der Waals surface area contributed by atoms with Gasteiger partial charge in [-0.25, -0.2) is 4.68 Å². The van der Waals surface area contributed by atoms with Crippen LogP contribution < -0.4 is 10.9 Å². The molecular formula is C17H15ClF3N3O2. The van der Waals surface area contributed by atoms with Gasteiger partial charge in [0.2, 0.25) is 5.91 Å². The van der Waals surface area contributed by atoms with Crippen LogP contribution in [0.1, 0.15) is 43.0 Å². The number of aromatic nitrogens is 2. The van der Waals surface area contributed by atoms with E-state index in [1.54, 1.807) is 6.07 Å². The Labute approximate surface area is 151 Å². The normalized spacial score (nSPS) is 15.6. The van der Waals surface area contributed by atoms with Crippen LogP contribution in [0.25, 0.3) is 0 Å². The summed E-state index contributed by atoms with van der Waals surface area (Å²) in [6.45, 7) is 1.46. The summed E-state index contributed by atoms with van der Waals surface area (Å²) in [6, 6.07) is 5.07. The summed E-state index contributed by atoms with van der Waals surface area (Å²) in [6.07, 6.45) is -2.67. The molecule has 1 fully saturated rings. The number of rotatable bonds is 4. The van der Waals surface area contributed by atoms with Gasteiger partial charge in [-0.3, -0.25) is 9.59 Å². The molecular weight excluding hydrogens is 371 g/mol. The predicted molar refractivity (Wildman–Crippen MR) is 90.3 cm³/mol. The number of carbonyl (C=O) groups is 1. The zero-order valence-electron chi connectivity index (χ0n) is 13.7. The van der Waals surface area contributed by atoms with Gasteiger partial charge < -0.3 is 5.32 Å². The highest BCUT2D eigenvalue weighted by Gasteiger charge is 2.33. The molecule has 26 heavy (non-hydrogen) atoms. The standard InChI is InChI=1S/C17H15ClF3N3O2/c1-9(24-15(25)7-6-14(23-24)10-2-3-10)16(26)22-11-4-5-13(18)12(8-11)17(19,20)21/h4-10H,2-3H2,1H3,(H,22,26)/t9-/m0/s1. The van der Waals surface area contributed by atoms with Gasteiger partial charge in [-0.15, -0.1) is 0 Å². The van der Waals surface area contributed by atoms with Crippen molar-refractivity contribution in [2.75, 3.05) is 5.32 Å². The van der Waals surface area contributed by atoms with E-state index in [-0.39, 0.29) is 5.69 Å². The van der Waals surface area contributed by atoms with Crippen LogP contribution in [0, 0.1) is 0 Å². The van der Waals surface area contributed by atoms with Gasteiger partial charge in [-0.1, -0.05) is 11.6 Å². The topological polar surface area (TPSA) is 64.0 Å². The van der Waals surface area contributed by atoms with Crippen LogP contribution in [0.2, 0.25) is 5.02 Å². The maximum Gasteiger partial charge on any atom is 0.417 e. The minimum atomic E-state index is -4.64.